The van der Waals surface area contributed by atoms with E-state index in [-0.39, 0.29) is 11.2 Å². The Balaban J connectivity index is 1.75. The largest absolute Gasteiger partial charge is 0.444 e. The van der Waals surface area contributed by atoms with Crippen molar-refractivity contribution in [2.75, 3.05) is 18.0 Å². The number of aromatic nitrogens is 4. The average molecular weight is 450 g/mol. The fourth-order valence-electron chi connectivity index (χ4n) is 3.33. The molecule has 1 saturated heterocycles. The van der Waals surface area contributed by atoms with Crippen molar-refractivity contribution in [2.45, 2.75) is 58.1 Å². The van der Waals surface area contributed by atoms with Crippen molar-refractivity contribution < 1.29 is 9.53 Å². The van der Waals surface area contributed by atoms with Gasteiger partial charge in [-0.15, -0.1) is 0 Å². The minimum absolute atomic E-state index is 0.278. The summed E-state index contributed by atoms with van der Waals surface area (Å²) in [6, 6.07) is 2.11. The summed E-state index contributed by atoms with van der Waals surface area (Å²) in [6.45, 7) is 8.93. The molecule has 9 nitrogen and oxygen atoms in total. The topological polar surface area (TPSA) is 120 Å². The highest BCUT2D eigenvalue weighted by Crippen LogP contribution is 2.30. The number of amides is 1. The van der Waals surface area contributed by atoms with Crippen LogP contribution in [0.5, 0.6) is 0 Å². The highest BCUT2D eigenvalue weighted by atomic mass is 79.9. The van der Waals surface area contributed by atoms with Crippen molar-refractivity contribution in [3.8, 4) is 6.07 Å². The Morgan fingerprint density at radius 2 is 2.07 bits per heavy atom. The number of nitrogens with one attached hydrogen (secondary N) is 2. The number of carbonyl (C=O) groups excluding carboxylic acids is 1. The summed E-state index contributed by atoms with van der Waals surface area (Å²) in [5, 5.41) is 19.9. The number of rotatable bonds is 3. The number of halogens is 1. The lowest BCUT2D eigenvalue weighted by atomic mass is 9.85. The first-order valence-electron chi connectivity index (χ1n) is 9.24. The molecule has 28 heavy (non-hydrogen) atoms. The van der Waals surface area contributed by atoms with Crippen LogP contribution in [0, 0.1) is 11.3 Å². The Bertz CT molecular complexity index is 920. The Kier molecular flexibility index (Phi) is 5.48. The summed E-state index contributed by atoms with van der Waals surface area (Å²) in [5.74, 6) is 0.488. The molecule has 0 unspecified atom stereocenters. The first-order chi connectivity index (χ1) is 13.2. The van der Waals surface area contributed by atoms with Crippen LogP contribution in [-0.2, 0) is 4.74 Å². The van der Waals surface area contributed by atoms with Crippen LogP contribution in [0.15, 0.2) is 4.60 Å². The van der Waals surface area contributed by atoms with Gasteiger partial charge in [-0.05, 0) is 56.0 Å². The summed E-state index contributed by atoms with van der Waals surface area (Å²) >= 11 is 3.31. The molecular formula is C18H24BrN7O2. The quantitative estimate of drug-likeness (QED) is 0.737. The molecule has 2 N–H and O–H groups in total. The van der Waals surface area contributed by atoms with Gasteiger partial charge in [0.25, 0.3) is 0 Å². The van der Waals surface area contributed by atoms with Crippen LogP contribution in [0.25, 0.3) is 11.0 Å². The zero-order chi connectivity index (χ0) is 20.5. The maximum Gasteiger partial charge on any atom is 0.408 e. The summed E-state index contributed by atoms with van der Waals surface area (Å²) in [4.78, 5) is 23.2. The molecule has 3 rings (SSSR count). The van der Waals surface area contributed by atoms with Gasteiger partial charge in [-0.25, -0.2) is 9.78 Å². The highest BCUT2D eigenvalue weighted by Gasteiger charge is 2.36. The molecule has 150 valence electrons. The number of alkyl carbamates (subject to hydrolysis) is 1. The van der Waals surface area contributed by atoms with Crippen molar-refractivity contribution in [1.29, 1.82) is 5.26 Å². The monoisotopic (exact) mass is 449 g/mol. The van der Waals surface area contributed by atoms with Crippen LogP contribution in [0.1, 0.15) is 52.7 Å². The molecule has 0 aliphatic carbocycles. The Morgan fingerprint density at radius 3 is 2.64 bits per heavy atom. The number of H-pyrrole nitrogens is 1. The number of anilines is 1. The van der Waals surface area contributed by atoms with E-state index in [4.69, 9.17) is 4.74 Å². The number of hydrogen-bond acceptors (Lipinski definition) is 7. The fourth-order valence-corrected chi connectivity index (χ4v) is 3.79. The van der Waals surface area contributed by atoms with E-state index in [1.54, 1.807) is 0 Å². The van der Waals surface area contributed by atoms with Crippen molar-refractivity contribution in [1.82, 2.24) is 25.5 Å². The van der Waals surface area contributed by atoms with Gasteiger partial charge in [0.15, 0.2) is 11.3 Å². The Morgan fingerprint density at radius 1 is 1.39 bits per heavy atom. The average Bonchev–Trinajstić information content (AvgIpc) is 3.01. The third kappa shape index (κ3) is 4.19. The number of hydrogen-bond donors (Lipinski definition) is 2. The third-order valence-electron chi connectivity index (χ3n) is 4.92. The predicted octanol–water partition coefficient (Wildman–Crippen LogP) is 3.26. The Hall–Kier alpha value is -2.41. The predicted molar refractivity (Wildman–Crippen MR) is 108 cm³/mol. The van der Waals surface area contributed by atoms with Gasteiger partial charge in [0.1, 0.15) is 16.3 Å². The van der Waals surface area contributed by atoms with Gasteiger partial charge in [-0.3, -0.25) is 5.10 Å². The number of piperidine rings is 1. The molecule has 0 radical (unpaired) electrons. The van der Waals surface area contributed by atoms with Gasteiger partial charge >= 0.3 is 6.09 Å². The second kappa shape index (κ2) is 7.54. The number of ether oxygens (including phenoxy) is 1. The molecule has 1 aliphatic heterocycles. The molecule has 2 aromatic heterocycles. The molecule has 1 fully saturated rings. The van der Waals surface area contributed by atoms with Gasteiger partial charge in [0, 0.05) is 18.6 Å². The SMILES string of the molecule is CCC1(NC(=O)OC(C)(C)C)CCN(c2nc(C#N)c3c(Br)n[nH]c3n2)CC1. The van der Waals surface area contributed by atoms with Crippen molar-refractivity contribution in [3.63, 3.8) is 0 Å². The van der Waals surface area contributed by atoms with Crippen LogP contribution in [-0.4, -0.2) is 50.5 Å². The summed E-state index contributed by atoms with van der Waals surface area (Å²) < 4.78 is 5.94. The molecule has 3 heterocycles. The number of nitriles is 1. The van der Waals surface area contributed by atoms with Crippen LogP contribution >= 0.6 is 15.9 Å². The maximum absolute atomic E-state index is 12.3. The second-order valence-electron chi connectivity index (χ2n) is 7.97. The molecule has 0 spiro atoms. The summed E-state index contributed by atoms with van der Waals surface area (Å²) in [6.07, 6.45) is 1.88. The molecule has 2 aromatic rings. The first kappa shape index (κ1) is 20.3. The zero-order valence-electron chi connectivity index (χ0n) is 16.5. The van der Waals surface area contributed by atoms with Crippen LogP contribution < -0.4 is 10.2 Å². The molecule has 0 aromatic carbocycles. The number of aromatic amines is 1. The highest BCUT2D eigenvalue weighted by molar-refractivity contribution is 9.10. The molecule has 0 atom stereocenters. The van der Waals surface area contributed by atoms with E-state index in [1.165, 1.54) is 0 Å². The van der Waals surface area contributed by atoms with Gasteiger partial charge in [-0.2, -0.15) is 15.3 Å². The molecule has 0 saturated carbocycles. The van der Waals surface area contributed by atoms with Crippen LogP contribution in [0.3, 0.4) is 0 Å². The van der Waals surface area contributed by atoms with E-state index >= 15 is 0 Å². The van der Waals surface area contributed by atoms with E-state index in [0.717, 1.165) is 19.3 Å². The van der Waals surface area contributed by atoms with Gasteiger partial charge in [0.2, 0.25) is 5.95 Å². The lowest BCUT2D eigenvalue weighted by Gasteiger charge is -2.42. The van der Waals surface area contributed by atoms with E-state index in [0.29, 0.717) is 34.7 Å². The maximum atomic E-state index is 12.3. The van der Waals surface area contributed by atoms with Crippen molar-refractivity contribution >= 4 is 39.0 Å². The van der Waals surface area contributed by atoms with E-state index in [9.17, 15) is 10.1 Å². The number of fused-ring (bicyclic) bond motifs is 1. The van der Waals surface area contributed by atoms with Crippen LogP contribution in [0.4, 0.5) is 10.7 Å². The minimum atomic E-state index is -0.533. The second-order valence-corrected chi connectivity index (χ2v) is 8.72. The molecule has 10 heteroatoms. The van der Waals surface area contributed by atoms with E-state index in [2.05, 4.69) is 54.4 Å². The molecule has 0 bridgehead atoms. The minimum Gasteiger partial charge on any atom is -0.444 e. The summed E-state index contributed by atoms with van der Waals surface area (Å²) in [7, 11) is 0. The van der Waals surface area contributed by atoms with E-state index < -0.39 is 11.7 Å². The van der Waals surface area contributed by atoms with Crippen molar-refractivity contribution in [3.05, 3.63) is 10.3 Å². The van der Waals surface area contributed by atoms with E-state index in [1.807, 2.05) is 25.7 Å². The summed E-state index contributed by atoms with van der Waals surface area (Å²) in [5.41, 5.74) is -0.0556. The fraction of sp³-hybridized carbons (Fsp3) is 0.611. The molecular weight excluding hydrogens is 426 g/mol. The van der Waals surface area contributed by atoms with Gasteiger partial charge < -0.3 is 15.0 Å². The molecule has 1 aliphatic rings. The zero-order valence-corrected chi connectivity index (χ0v) is 18.1. The van der Waals surface area contributed by atoms with Gasteiger partial charge in [0.05, 0.1) is 5.39 Å². The lowest BCUT2D eigenvalue weighted by molar-refractivity contribution is 0.0431. The standard InChI is InChI=1S/C18H24BrN7O2/c1-5-18(23-16(27)28-17(2,3)4)6-8-26(9-7-18)15-21-11(10-20)12-13(19)24-25-14(12)22-15/h5-9H2,1-4H3,(H,23,27)(H,21,22,24,25). The lowest BCUT2D eigenvalue weighted by Crippen LogP contribution is -2.56. The van der Waals surface area contributed by atoms with Crippen LogP contribution in [0.2, 0.25) is 0 Å². The van der Waals surface area contributed by atoms with Crippen molar-refractivity contribution in [2.24, 2.45) is 0 Å². The number of nitrogens with zero attached hydrogens (tertiary/aromatic N) is 5. The normalized spacial score (nSPS) is 16.6. The first-order valence-corrected chi connectivity index (χ1v) is 10.0. The third-order valence-corrected chi connectivity index (χ3v) is 5.49. The smallest absolute Gasteiger partial charge is 0.408 e. The molecule has 1 amide bonds. The Labute approximate surface area is 172 Å². The number of carbonyl (C=O) groups is 1. The van der Waals surface area contributed by atoms with Gasteiger partial charge in [-0.1, -0.05) is 6.92 Å².